The Labute approximate surface area is 138 Å². The van der Waals surface area contributed by atoms with E-state index in [4.69, 9.17) is 14.6 Å². The van der Waals surface area contributed by atoms with E-state index in [9.17, 15) is 4.79 Å². The van der Waals surface area contributed by atoms with E-state index in [0.717, 1.165) is 30.8 Å². The van der Waals surface area contributed by atoms with Crippen LogP contribution in [0.5, 0.6) is 0 Å². The normalized spacial score (nSPS) is 15.5. The van der Waals surface area contributed by atoms with Gasteiger partial charge >= 0.3 is 0 Å². The molecule has 1 N–H and O–H groups in total. The van der Waals surface area contributed by atoms with Crippen molar-refractivity contribution in [1.82, 2.24) is 15.1 Å². The standard InChI is InChI=1S/C17H29N3O3/c1-12(2)13(3)18-17(21)6-5-15-14-11-23-9-7-16(14)20(19-15)8-10-22-4/h12-13H,5-11H2,1-4H3,(H,18,21). The summed E-state index contributed by atoms with van der Waals surface area (Å²) in [4.78, 5) is 12.1. The summed E-state index contributed by atoms with van der Waals surface area (Å²) in [6.07, 6.45) is 2.00. The number of nitrogens with one attached hydrogen (secondary N) is 1. The van der Waals surface area contributed by atoms with Crippen LogP contribution >= 0.6 is 0 Å². The fourth-order valence-corrected chi connectivity index (χ4v) is 2.67. The molecule has 0 bridgehead atoms. The van der Waals surface area contributed by atoms with Gasteiger partial charge in [-0.1, -0.05) is 13.8 Å². The fourth-order valence-electron chi connectivity index (χ4n) is 2.67. The predicted molar refractivity (Wildman–Crippen MR) is 88.2 cm³/mol. The van der Waals surface area contributed by atoms with Crippen molar-refractivity contribution in [2.24, 2.45) is 5.92 Å². The Bertz CT molecular complexity index is 525. The second kappa shape index (κ2) is 8.45. The van der Waals surface area contributed by atoms with Crippen molar-refractivity contribution < 1.29 is 14.3 Å². The largest absolute Gasteiger partial charge is 0.383 e. The lowest BCUT2D eigenvalue weighted by molar-refractivity contribution is -0.121. The lowest BCUT2D eigenvalue weighted by Gasteiger charge is -2.17. The van der Waals surface area contributed by atoms with Crippen LogP contribution in [0.25, 0.3) is 0 Å². The van der Waals surface area contributed by atoms with Gasteiger partial charge in [-0.15, -0.1) is 0 Å². The molecule has 2 rings (SSSR count). The Morgan fingerprint density at radius 2 is 2.22 bits per heavy atom. The summed E-state index contributed by atoms with van der Waals surface area (Å²) >= 11 is 0. The fraction of sp³-hybridized carbons (Fsp3) is 0.765. The monoisotopic (exact) mass is 323 g/mol. The van der Waals surface area contributed by atoms with Crippen molar-refractivity contribution in [2.75, 3.05) is 20.3 Å². The highest BCUT2D eigenvalue weighted by Crippen LogP contribution is 2.22. The van der Waals surface area contributed by atoms with E-state index in [2.05, 4.69) is 19.2 Å². The Balaban J connectivity index is 1.99. The van der Waals surface area contributed by atoms with Crippen LogP contribution in [0.1, 0.15) is 44.1 Å². The number of aryl methyl sites for hydroxylation is 1. The van der Waals surface area contributed by atoms with Gasteiger partial charge in [0.2, 0.25) is 5.91 Å². The van der Waals surface area contributed by atoms with Crippen molar-refractivity contribution in [3.8, 4) is 0 Å². The average molecular weight is 323 g/mol. The number of aromatic nitrogens is 2. The van der Waals surface area contributed by atoms with Crippen LogP contribution < -0.4 is 5.32 Å². The van der Waals surface area contributed by atoms with Crippen LogP contribution in [0.2, 0.25) is 0 Å². The van der Waals surface area contributed by atoms with Gasteiger partial charge in [0.15, 0.2) is 0 Å². The van der Waals surface area contributed by atoms with Gasteiger partial charge < -0.3 is 14.8 Å². The average Bonchev–Trinajstić information content (AvgIpc) is 2.89. The summed E-state index contributed by atoms with van der Waals surface area (Å²) in [5.74, 6) is 0.525. The second-order valence-electron chi connectivity index (χ2n) is 6.49. The number of fused-ring (bicyclic) bond motifs is 1. The van der Waals surface area contributed by atoms with Crippen LogP contribution in [-0.2, 0) is 40.3 Å². The summed E-state index contributed by atoms with van der Waals surface area (Å²) < 4.78 is 12.7. The molecule has 6 heteroatoms. The highest BCUT2D eigenvalue weighted by molar-refractivity contribution is 5.76. The molecule has 1 aromatic heterocycles. The third kappa shape index (κ3) is 4.78. The molecule has 1 unspecified atom stereocenters. The Hall–Kier alpha value is -1.40. The highest BCUT2D eigenvalue weighted by atomic mass is 16.5. The molecule has 1 aliphatic rings. The number of carbonyl (C=O) groups is 1. The first-order valence-corrected chi connectivity index (χ1v) is 8.46. The Kier molecular flexibility index (Phi) is 6.59. The molecule has 0 saturated heterocycles. The smallest absolute Gasteiger partial charge is 0.220 e. The van der Waals surface area contributed by atoms with Crippen LogP contribution in [0.3, 0.4) is 0 Å². The first-order valence-electron chi connectivity index (χ1n) is 8.46. The summed E-state index contributed by atoms with van der Waals surface area (Å²) in [7, 11) is 1.69. The number of hydrogen-bond donors (Lipinski definition) is 1. The zero-order valence-corrected chi connectivity index (χ0v) is 14.7. The highest BCUT2D eigenvalue weighted by Gasteiger charge is 2.21. The lowest BCUT2D eigenvalue weighted by atomic mass is 10.0. The van der Waals surface area contributed by atoms with Crippen LogP contribution in [0, 0.1) is 5.92 Å². The van der Waals surface area contributed by atoms with Crippen LogP contribution in [-0.4, -0.2) is 42.1 Å². The lowest BCUT2D eigenvalue weighted by Crippen LogP contribution is -2.36. The molecule has 1 amide bonds. The zero-order valence-electron chi connectivity index (χ0n) is 14.7. The predicted octanol–water partition coefficient (Wildman–Crippen LogP) is 1.70. The van der Waals surface area contributed by atoms with E-state index in [0.29, 0.717) is 32.0 Å². The molecule has 23 heavy (non-hydrogen) atoms. The SMILES string of the molecule is COCCn1nc(CCC(=O)NC(C)C(C)C)c2c1CCOC2. The summed E-state index contributed by atoms with van der Waals surface area (Å²) in [6.45, 7) is 8.97. The number of nitrogens with zero attached hydrogens (tertiary/aromatic N) is 2. The van der Waals surface area contributed by atoms with Crippen molar-refractivity contribution in [3.63, 3.8) is 0 Å². The minimum Gasteiger partial charge on any atom is -0.383 e. The molecule has 2 heterocycles. The molecule has 6 nitrogen and oxygen atoms in total. The van der Waals surface area contributed by atoms with Gasteiger partial charge in [0, 0.05) is 43.7 Å². The van der Waals surface area contributed by atoms with Gasteiger partial charge in [-0.05, 0) is 12.8 Å². The molecule has 0 aromatic carbocycles. The van der Waals surface area contributed by atoms with Gasteiger partial charge in [0.25, 0.3) is 0 Å². The number of carbonyl (C=O) groups excluding carboxylic acids is 1. The number of hydrogen-bond acceptors (Lipinski definition) is 4. The van der Waals surface area contributed by atoms with Crippen molar-refractivity contribution in [2.45, 2.75) is 59.2 Å². The van der Waals surface area contributed by atoms with E-state index >= 15 is 0 Å². The number of ether oxygens (including phenoxy) is 2. The molecular formula is C17H29N3O3. The quantitative estimate of drug-likeness (QED) is 0.791. The summed E-state index contributed by atoms with van der Waals surface area (Å²) in [6, 6.07) is 0.194. The Morgan fingerprint density at radius 1 is 1.43 bits per heavy atom. The van der Waals surface area contributed by atoms with Gasteiger partial charge in [0.1, 0.15) is 0 Å². The maximum atomic E-state index is 12.1. The van der Waals surface area contributed by atoms with Gasteiger partial charge in [-0.25, -0.2) is 0 Å². The van der Waals surface area contributed by atoms with Crippen LogP contribution in [0.15, 0.2) is 0 Å². The molecule has 0 aliphatic carbocycles. The van der Waals surface area contributed by atoms with Crippen LogP contribution in [0.4, 0.5) is 0 Å². The van der Waals surface area contributed by atoms with Gasteiger partial charge in [-0.2, -0.15) is 5.10 Å². The minimum atomic E-state index is 0.0862. The molecule has 130 valence electrons. The molecule has 0 spiro atoms. The molecule has 0 fully saturated rings. The maximum absolute atomic E-state index is 12.1. The number of amides is 1. The van der Waals surface area contributed by atoms with Gasteiger partial charge in [0.05, 0.1) is 32.1 Å². The minimum absolute atomic E-state index is 0.0862. The second-order valence-corrected chi connectivity index (χ2v) is 6.49. The number of rotatable bonds is 8. The third-order valence-electron chi connectivity index (χ3n) is 4.46. The van der Waals surface area contributed by atoms with E-state index in [1.54, 1.807) is 7.11 Å². The first-order chi connectivity index (χ1) is 11.0. The van der Waals surface area contributed by atoms with E-state index in [1.165, 1.54) is 5.69 Å². The van der Waals surface area contributed by atoms with E-state index in [-0.39, 0.29) is 11.9 Å². The summed E-state index contributed by atoms with van der Waals surface area (Å²) in [5.41, 5.74) is 3.39. The first kappa shape index (κ1) is 17.9. The summed E-state index contributed by atoms with van der Waals surface area (Å²) in [5, 5.41) is 7.74. The van der Waals surface area contributed by atoms with Crippen molar-refractivity contribution in [3.05, 3.63) is 17.0 Å². The molecule has 1 atom stereocenters. The van der Waals surface area contributed by atoms with E-state index < -0.39 is 0 Å². The Morgan fingerprint density at radius 3 is 2.91 bits per heavy atom. The third-order valence-corrected chi connectivity index (χ3v) is 4.46. The molecule has 1 aliphatic heterocycles. The topological polar surface area (TPSA) is 65.4 Å². The van der Waals surface area contributed by atoms with E-state index in [1.807, 2.05) is 11.6 Å². The maximum Gasteiger partial charge on any atom is 0.220 e. The molecule has 1 aromatic rings. The van der Waals surface area contributed by atoms with Crippen molar-refractivity contribution in [1.29, 1.82) is 0 Å². The zero-order chi connectivity index (χ0) is 16.8. The molecule has 0 saturated carbocycles. The number of methoxy groups -OCH3 is 1. The van der Waals surface area contributed by atoms with Crippen molar-refractivity contribution >= 4 is 5.91 Å². The molecular weight excluding hydrogens is 294 g/mol. The molecule has 0 radical (unpaired) electrons. The van der Waals surface area contributed by atoms with Gasteiger partial charge in [-0.3, -0.25) is 9.48 Å².